The lowest BCUT2D eigenvalue weighted by Crippen LogP contribution is -2.51. The van der Waals surface area contributed by atoms with Crippen molar-refractivity contribution in [1.82, 2.24) is 14.8 Å². The topological polar surface area (TPSA) is 45.7 Å². The van der Waals surface area contributed by atoms with Gasteiger partial charge in [0.1, 0.15) is 15.6 Å². The number of hydrogen-bond donors (Lipinski definition) is 0. The second kappa shape index (κ2) is 7.98. The van der Waals surface area contributed by atoms with Gasteiger partial charge >= 0.3 is 0 Å². The Kier molecular flexibility index (Phi) is 5.45. The molecule has 0 N–H and O–H groups in total. The summed E-state index contributed by atoms with van der Waals surface area (Å²) in [5.74, 6) is 0.910. The van der Waals surface area contributed by atoms with Gasteiger partial charge in [-0.3, -0.25) is 9.69 Å². The van der Waals surface area contributed by atoms with Crippen molar-refractivity contribution >= 4 is 17.2 Å². The van der Waals surface area contributed by atoms with Crippen LogP contribution in [0.15, 0.2) is 24.3 Å². The minimum Gasteiger partial charge on any atom is -0.496 e. The number of benzene rings is 1. The zero-order valence-corrected chi connectivity index (χ0v) is 16.9. The number of thiazole rings is 1. The lowest BCUT2D eigenvalue weighted by molar-refractivity contribution is 0.0577. The van der Waals surface area contributed by atoms with Gasteiger partial charge in [0.25, 0.3) is 5.91 Å². The second-order valence-corrected chi connectivity index (χ2v) is 8.40. The summed E-state index contributed by atoms with van der Waals surface area (Å²) in [6, 6.07) is 8.57. The van der Waals surface area contributed by atoms with Gasteiger partial charge in [0.05, 0.1) is 18.4 Å². The van der Waals surface area contributed by atoms with E-state index >= 15 is 0 Å². The molecule has 1 aliphatic heterocycles. The number of hydrogen-bond acceptors (Lipinski definition) is 5. The second-order valence-electron chi connectivity index (χ2n) is 7.40. The van der Waals surface area contributed by atoms with Crippen LogP contribution in [0.2, 0.25) is 0 Å². The summed E-state index contributed by atoms with van der Waals surface area (Å²) >= 11 is 1.47. The first kappa shape index (κ1) is 18.4. The fourth-order valence-electron chi connectivity index (χ4n) is 4.23. The molecule has 2 aromatic rings. The first-order chi connectivity index (χ1) is 13.2. The van der Waals surface area contributed by atoms with E-state index in [2.05, 4.69) is 9.88 Å². The van der Waals surface area contributed by atoms with Gasteiger partial charge in [-0.05, 0) is 31.9 Å². The third-order valence-electron chi connectivity index (χ3n) is 5.77. The standard InChI is InChI=1S/C21H27N3O2S/c1-15-19(27-20(22-15)17-9-5-6-10-18(17)26-2)21(25)24-13-11-23(12-14-24)16-7-3-4-8-16/h5-6,9-10,16H,3-4,7-8,11-14H2,1-2H3. The summed E-state index contributed by atoms with van der Waals surface area (Å²) in [6.45, 7) is 5.55. The van der Waals surface area contributed by atoms with E-state index in [1.165, 1.54) is 37.0 Å². The molecule has 2 aliphatic rings. The molecule has 2 heterocycles. The van der Waals surface area contributed by atoms with E-state index in [1.807, 2.05) is 36.1 Å². The molecule has 27 heavy (non-hydrogen) atoms. The van der Waals surface area contributed by atoms with Gasteiger partial charge in [-0.25, -0.2) is 4.98 Å². The summed E-state index contributed by atoms with van der Waals surface area (Å²) in [7, 11) is 1.66. The summed E-state index contributed by atoms with van der Waals surface area (Å²) in [5.41, 5.74) is 1.75. The Morgan fingerprint density at radius 3 is 2.56 bits per heavy atom. The van der Waals surface area contributed by atoms with Crippen LogP contribution in [0, 0.1) is 6.92 Å². The molecule has 144 valence electrons. The molecular weight excluding hydrogens is 358 g/mol. The maximum atomic E-state index is 13.1. The number of aromatic nitrogens is 1. The first-order valence-corrected chi connectivity index (χ1v) is 10.6. The van der Waals surface area contributed by atoms with Gasteiger partial charge in [-0.2, -0.15) is 0 Å². The van der Waals surface area contributed by atoms with E-state index in [4.69, 9.17) is 4.74 Å². The first-order valence-electron chi connectivity index (χ1n) is 9.81. The molecular formula is C21H27N3O2S. The van der Waals surface area contributed by atoms with Crippen LogP contribution in [0.3, 0.4) is 0 Å². The smallest absolute Gasteiger partial charge is 0.265 e. The number of aryl methyl sites for hydroxylation is 1. The van der Waals surface area contributed by atoms with E-state index < -0.39 is 0 Å². The number of rotatable bonds is 4. The number of carbonyl (C=O) groups is 1. The van der Waals surface area contributed by atoms with Crippen molar-refractivity contribution < 1.29 is 9.53 Å². The molecule has 1 amide bonds. The Balaban J connectivity index is 1.47. The fraction of sp³-hybridized carbons (Fsp3) is 0.524. The molecule has 2 fully saturated rings. The van der Waals surface area contributed by atoms with Crippen molar-refractivity contribution in [3.8, 4) is 16.3 Å². The number of amides is 1. The van der Waals surface area contributed by atoms with Crippen LogP contribution in [0.4, 0.5) is 0 Å². The SMILES string of the molecule is COc1ccccc1-c1nc(C)c(C(=O)N2CCN(C3CCCC3)CC2)s1. The highest BCUT2D eigenvalue weighted by atomic mass is 32.1. The van der Waals surface area contributed by atoms with Crippen LogP contribution < -0.4 is 4.74 Å². The van der Waals surface area contributed by atoms with Crippen molar-refractivity contribution in [2.24, 2.45) is 0 Å². The largest absolute Gasteiger partial charge is 0.496 e. The normalized spacial score (nSPS) is 18.8. The van der Waals surface area contributed by atoms with Crippen LogP contribution in [-0.4, -0.2) is 60.0 Å². The van der Waals surface area contributed by atoms with E-state index in [0.717, 1.165) is 59.1 Å². The third kappa shape index (κ3) is 3.73. The molecule has 5 nitrogen and oxygen atoms in total. The molecule has 6 heteroatoms. The summed E-state index contributed by atoms with van der Waals surface area (Å²) in [5, 5.41) is 0.845. The number of para-hydroxylation sites is 1. The number of ether oxygens (including phenoxy) is 1. The molecule has 0 bridgehead atoms. The molecule has 1 aromatic carbocycles. The van der Waals surface area contributed by atoms with Crippen molar-refractivity contribution in [3.63, 3.8) is 0 Å². The number of carbonyl (C=O) groups excluding carboxylic acids is 1. The van der Waals surface area contributed by atoms with Crippen LogP contribution in [-0.2, 0) is 0 Å². The van der Waals surface area contributed by atoms with Crippen molar-refractivity contribution in [1.29, 1.82) is 0 Å². The Labute approximate surface area is 165 Å². The molecule has 1 aromatic heterocycles. The van der Waals surface area contributed by atoms with E-state index in [9.17, 15) is 4.79 Å². The molecule has 1 aliphatic carbocycles. The predicted molar refractivity (Wildman–Crippen MR) is 109 cm³/mol. The highest BCUT2D eigenvalue weighted by Gasteiger charge is 2.29. The van der Waals surface area contributed by atoms with E-state index in [0.29, 0.717) is 0 Å². The van der Waals surface area contributed by atoms with E-state index in [1.54, 1.807) is 7.11 Å². The van der Waals surface area contributed by atoms with E-state index in [-0.39, 0.29) is 5.91 Å². The van der Waals surface area contributed by atoms with Gasteiger partial charge in [0.2, 0.25) is 0 Å². The molecule has 1 saturated heterocycles. The average Bonchev–Trinajstić information content (AvgIpc) is 3.37. The minimum atomic E-state index is 0.122. The van der Waals surface area contributed by atoms with Crippen LogP contribution in [0.1, 0.15) is 41.0 Å². The highest BCUT2D eigenvalue weighted by Crippen LogP contribution is 2.35. The summed E-state index contributed by atoms with van der Waals surface area (Å²) in [4.78, 5) is 23.1. The molecule has 0 spiro atoms. The molecule has 0 unspecified atom stereocenters. The lowest BCUT2D eigenvalue weighted by Gasteiger charge is -2.37. The Bertz CT molecular complexity index is 806. The van der Waals surface area contributed by atoms with Gasteiger partial charge in [-0.1, -0.05) is 25.0 Å². The zero-order chi connectivity index (χ0) is 18.8. The Morgan fingerprint density at radius 1 is 1.15 bits per heavy atom. The van der Waals surface area contributed by atoms with Crippen LogP contribution >= 0.6 is 11.3 Å². The van der Waals surface area contributed by atoms with Crippen molar-refractivity contribution in [2.75, 3.05) is 33.3 Å². The van der Waals surface area contributed by atoms with Gasteiger partial charge in [-0.15, -0.1) is 11.3 Å². The van der Waals surface area contributed by atoms with Crippen LogP contribution in [0.5, 0.6) is 5.75 Å². The molecule has 1 saturated carbocycles. The summed E-state index contributed by atoms with van der Waals surface area (Å²) in [6.07, 6.45) is 5.36. The Morgan fingerprint density at radius 2 is 1.85 bits per heavy atom. The maximum Gasteiger partial charge on any atom is 0.265 e. The Hall–Kier alpha value is -1.92. The number of methoxy groups -OCH3 is 1. The fourth-order valence-corrected chi connectivity index (χ4v) is 5.30. The highest BCUT2D eigenvalue weighted by molar-refractivity contribution is 7.17. The monoisotopic (exact) mass is 385 g/mol. The lowest BCUT2D eigenvalue weighted by atomic mass is 10.1. The number of piperazine rings is 1. The predicted octanol–water partition coefficient (Wildman–Crippen LogP) is 3.83. The maximum absolute atomic E-state index is 13.1. The number of nitrogens with zero attached hydrogens (tertiary/aromatic N) is 3. The zero-order valence-electron chi connectivity index (χ0n) is 16.1. The minimum absolute atomic E-state index is 0.122. The van der Waals surface area contributed by atoms with Gasteiger partial charge < -0.3 is 9.64 Å². The quantitative estimate of drug-likeness (QED) is 0.802. The van der Waals surface area contributed by atoms with Gasteiger partial charge in [0, 0.05) is 32.2 Å². The van der Waals surface area contributed by atoms with Crippen molar-refractivity contribution in [2.45, 2.75) is 38.6 Å². The van der Waals surface area contributed by atoms with Crippen molar-refractivity contribution in [3.05, 3.63) is 34.8 Å². The molecule has 0 radical (unpaired) electrons. The van der Waals surface area contributed by atoms with Crippen LogP contribution in [0.25, 0.3) is 10.6 Å². The third-order valence-corrected chi connectivity index (χ3v) is 6.95. The summed E-state index contributed by atoms with van der Waals surface area (Å²) < 4.78 is 5.45. The van der Waals surface area contributed by atoms with Gasteiger partial charge in [0.15, 0.2) is 0 Å². The average molecular weight is 386 g/mol. The molecule has 0 atom stereocenters. The molecule has 4 rings (SSSR count).